The summed E-state index contributed by atoms with van der Waals surface area (Å²) in [7, 11) is 0. The van der Waals surface area contributed by atoms with Crippen LogP contribution in [0.2, 0.25) is 5.02 Å². The summed E-state index contributed by atoms with van der Waals surface area (Å²) in [5.41, 5.74) is 2.04. The first-order valence-corrected chi connectivity index (χ1v) is 9.09. The predicted octanol–water partition coefficient (Wildman–Crippen LogP) is 4.61. The average Bonchev–Trinajstić information content (AvgIpc) is 3.11. The molecule has 0 radical (unpaired) electrons. The normalized spacial score (nSPS) is 11.3. The van der Waals surface area contributed by atoms with Gasteiger partial charge in [-0.1, -0.05) is 41.9 Å². The van der Waals surface area contributed by atoms with E-state index in [1.807, 2.05) is 30.3 Å². The lowest BCUT2D eigenvalue weighted by Crippen LogP contribution is -2.02. The lowest BCUT2D eigenvalue weighted by molar-refractivity contribution is -0.137. The Labute approximate surface area is 167 Å². The summed E-state index contributed by atoms with van der Waals surface area (Å²) < 4.78 is 16.4. The Kier molecular flexibility index (Phi) is 6.45. The number of esters is 1. The molecule has 3 aromatic rings. The largest absolute Gasteiger partial charge is 0.489 e. The fourth-order valence-electron chi connectivity index (χ4n) is 2.52. The van der Waals surface area contributed by atoms with Crippen LogP contribution in [-0.2, 0) is 16.1 Å². The van der Waals surface area contributed by atoms with Gasteiger partial charge in [-0.05, 0) is 36.2 Å². The van der Waals surface area contributed by atoms with Crippen molar-refractivity contribution in [1.29, 1.82) is 0 Å². The fourth-order valence-corrected chi connectivity index (χ4v) is 2.74. The van der Waals surface area contributed by atoms with Crippen LogP contribution < -0.4 is 4.74 Å². The van der Waals surface area contributed by atoms with E-state index >= 15 is 0 Å². The zero-order valence-corrected chi connectivity index (χ0v) is 16.3. The lowest BCUT2D eigenvalue weighted by Gasteiger charge is -2.10. The van der Waals surface area contributed by atoms with Crippen molar-refractivity contribution in [3.63, 3.8) is 0 Å². The van der Waals surface area contributed by atoms with Crippen LogP contribution in [0, 0.1) is 6.92 Å². The maximum Gasteiger partial charge on any atom is 0.331 e. The molecule has 1 heterocycles. The van der Waals surface area contributed by atoms with Crippen LogP contribution in [0.4, 0.5) is 0 Å². The summed E-state index contributed by atoms with van der Waals surface area (Å²) in [4.78, 5) is 12.0. The minimum Gasteiger partial charge on any atom is -0.489 e. The Balaban J connectivity index is 1.93. The third-order valence-electron chi connectivity index (χ3n) is 3.74. The molecule has 0 saturated heterocycles. The topological polar surface area (TPSA) is 74.5 Å². The lowest BCUT2D eigenvalue weighted by atomic mass is 10.0. The van der Waals surface area contributed by atoms with Gasteiger partial charge in [0.15, 0.2) is 0 Å². The molecule has 0 aliphatic heterocycles. The average molecular weight is 399 g/mol. The molecule has 0 unspecified atom stereocenters. The van der Waals surface area contributed by atoms with Crippen molar-refractivity contribution < 1.29 is 18.7 Å². The summed E-state index contributed by atoms with van der Waals surface area (Å²) in [5.74, 6) is 0.617. The van der Waals surface area contributed by atoms with E-state index in [2.05, 4.69) is 10.2 Å². The number of ether oxygens (including phenoxy) is 2. The van der Waals surface area contributed by atoms with Crippen LogP contribution >= 0.6 is 11.6 Å². The molecule has 1 aromatic heterocycles. The smallest absolute Gasteiger partial charge is 0.331 e. The maximum atomic E-state index is 12.0. The van der Waals surface area contributed by atoms with Gasteiger partial charge < -0.3 is 13.9 Å². The van der Waals surface area contributed by atoms with E-state index in [1.54, 1.807) is 32.0 Å². The highest BCUT2D eigenvalue weighted by atomic mass is 35.5. The van der Waals surface area contributed by atoms with Gasteiger partial charge in [-0.3, -0.25) is 0 Å². The zero-order valence-electron chi connectivity index (χ0n) is 15.5. The molecule has 0 aliphatic carbocycles. The molecular formula is C21H19ClN2O4. The number of rotatable bonds is 7. The Morgan fingerprint density at radius 3 is 2.64 bits per heavy atom. The standard InChI is InChI=1S/C21H19ClN2O4/c1-3-26-20(25)12-19(21-24-23-14(2)28-21)16-9-17(22)11-18(10-16)27-13-15-7-5-4-6-8-15/h4-12H,3,13H2,1-2H3/b19-12-. The van der Waals surface area contributed by atoms with Crippen molar-refractivity contribution in [3.05, 3.63) is 82.5 Å². The molecule has 0 N–H and O–H groups in total. The van der Waals surface area contributed by atoms with Gasteiger partial charge in [0.2, 0.25) is 11.8 Å². The molecule has 0 aliphatic rings. The first-order valence-electron chi connectivity index (χ1n) is 8.71. The second kappa shape index (κ2) is 9.19. The van der Waals surface area contributed by atoms with E-state index in [-0.39, 0.29) is 12.5 Å². The van der Waals surface area contributed by atoms with Gasteiger partial charge in [-0.2, -0.15) is 0 Å². The SMILES string of the molecule is CCOC(=O)/C=C(/c1cc(Cl)cc(OCc2ccccc2)c1)c1nnc(C)o1. The number of carbonyl (C=O) groups is 1. The molecule has 2 aromatic carbocycles. The second-order valence-electron chi connectivity index (χ2n) is 5.89. The molecule has 3 rings (SSSR count). The van der Waals surface area contributed by atoms with Crippen LogP contribution in [-0.4, -0.2) is 22.8 Å². The molecule has 0 saturated carbocycles. The van der Waals surface area contributed by atoms with Gasteiger partial charge in [0.1, 0.15) is 12.4 Å². The Bertz CT molecular complexity index is 983. The van der Waals surface area contributed by atoms with Crippen LogP contribution in [0.5, 0.6) is 5.75 Å². The van der Waals surface area contributed by atoms with E-state index in [4.69, 9.17) is 25.5 Å². The molecule has 7 heteroatoms. The highest BCUT2D eigenvalue weighted by molar-refractivity contribution is 6.31. The summed E-state index contributed by atoms with van der Waals surface area (Å²) >= 11 is 6.28. The van der Waals surface area contributed by atoms with Crippen molar-refractivity contribution in [2.75, 3.05) is 6.61 Å². The number of aromatic nitrogens is 2. The molecule has 0 atom stereocenters. The van der Waals surface area contributed by atoms with Crippen molar-refractivity contribution in [2.24, 2.45) is 0 Å². The summed E-state index contributed by atoms with van der Waals surface area (Å²) in [5, 5.41) is 8.30. The molecule has 0 amide bonds. The molecule has 0 bridgehead atoms. The highest BCUT2D eigenvalue weighted by Crippen LogP contribution is 2.30. The molecule has 144 valence electrons. The molecule has 28 heavy (non-hydrogen) atoms. The molecule has 0 spiro atoms. The zero-order chi connectivity index (χ0) is 19.9. The van der Waals surface area contributed by atoms with Crippen molar-refractivity contribution in [2.45, 2.75) is 20.5 Å². The number of carbonyl (C=O) groups excluding carboxylic acids is 1. The monoisotopic (exact) mass is 398 g/mol. The first-order chi connectivity index (χ1) is 13.5. The van der Waals surface area contributed by atoms with Crippen LogP contribution in [0.25, 0.3) is 5.57 Å². The van der Waals surface area contributed by atoms with Crippen LogP contribution in [0.3, 0.4) is 0 Å². The molecule has 6 nitrogen and oxygen atoms in total. The number of hydrogen-bond acceptors (Lipinski definition) is 6. The van der Waals surface area contributed by atoms with Gasteiger partial charge in [-0.15, -0.1) is 10.2 Å². The third kappa shape index (κ3) is 5.20. The first kappa shape index (κ1) is 19.6. The number of aryl methyl sites for hydroxylation is 1. The Morgan fingerprint density at radius 2 is 1.96 bits per heavy atom. The van der Waals surface area contributed by atoms with Crippen molar-refractivity contribution in [3.8, 4) is 5.75 Å². The number of halogens is 1. The van der Waals surface area contributed by atoms with Gasteiger partial charge in [0.25, 0.3) is 0 Å². The summed E-state index contributed by atoms with van der Waals surface area (Å²) in [6, 6.07) is 14.9. The Morgan fingerprint density at radius 1 is 1.18 bits per heavy atom. The van der Waals surface area contributed by atoms with Gasteiger partial charge in [0, 0.05) is 18.0 Å². The molecule has 0 fully saturated rings. The minimum absolute atomic E-state index is 0.196. The summed E-state index contributed by atoms with van der Waals surface area (Å²) in [6.45, 7) is 4.05. The van der Waals surface area contributed by atoms with Crippen LogP contribution in [0.15, 0.2) is 59.0 Å². The van der Waals surface area contributed by atoms with E-state index < -0.39 is 5.97 Å². The maximum absolute atomic E-state index is 12.0. The number of hydrogen-bond donors (Lipinski definition) is 0. The predicted molar refractivity (Wildman–Crippen MR) is 105 cm³/mol. The van der Waals surface area contributed by atoms with E-state index in [0.717, 1.165) is 5.56 Å². The summed E-state index contributed by atoms with van der Waals surface area (Å²) in [6.07, 6.45) is 1.31. The van der Waals surface area contributed by atoms with E-state index in [9.17, 15) is 4.79 Å². The number of benzene rings is 2. The quantitative estimate of drug-likeness (QED) is 0.427. The van der Waals surface area contributed by atoms with Gasteiger partial charge in [-0.25, -0.2) is 4.79 Å². The highest BCUT2D eigenvalue weighted by Gasteiger charge is 2.16. The minimum atomic E-state index is -0.514. The fraction of sp³-hybridized carbons (Fsp3) is 0.190. The van der Waals surface area contributed by atoms with E-state index in [1.165, 1.54) is 6.08 Å². The van der Waals surface area contributed by atoms with Crippen molar-refractivity contribution in [1.82, 2.24) is 10.2 Å². The third-order valence-corrected chi connectivity index (χ3v) is 3.95. The number of nitrogens with zero attached hydrogens (tertiary/aromatic N) is 2. The van der Waals surface area contributed by atoms with E-state index in [0.29, 0.717) is 34.4 Å². The van der Waals surface area contributed by atoms with Gasteiger partial charge in [0.05, 0.1) is 12.2 Å². The second-order valence-corrected chi connectivity index (χ2v) is 6.32. The van der Waals surface area contributed by atoms with Crippen molar-refractivity contribution >= 4 is 23.1 Å². The molecular weight excluding hydrogens is 380 g/mol. The Hall–Kier alpha value is -3.12. The van der Waals surface area contributed by atoms with Gasteiger partial charge >= 0.3 is 5.97 Å². The van der Waals surface area contributed by atoms with Crippen LogP contribution in [0.1, 0.15) is 29.8 Å².